The highest BCUT2D eigenvalue weighted by atomic mass is 32.2. The maximum Gasteiger partial charge on any atom is 0.309 e. The van der Waals surface area contributed by atoms with E-state index >= 15 is 0 Å². The van der Waals surface area contributed by atoms with Crippen LogP contribution in [0.25, 0.3) is 0 Å². The summed E-state index contributed by atoms with van der Waals surface area (Å²) in [6.07, 6.45) is 2.63. The highest BCUT2D eigenvalue weighted by Crippen LogP contribution is 2.28. The van der Waals surface area contributed by atoms with Crippen molar-refractivity contribution >= 4 is 21.8 Å². The number of nitrogens with zero attached hydrogens (tertiary/aromatic N) is 1. The van der Waals surface area contributed by atoms with Gasteiger partial charge in [0, 0.05) is 25.7 Å². The fourth-order valence-electron chi connectivity index (χ4n) is 4.05. The maximum absolute atomic E-state index is 13.5. The number of nitrogens with one attached hydrogen (secondary N) is 2. The maximum atomic E-state index is 13.5. The molecule has 8 nitrogen and oxygen atoms in total. The monoisotopic (exact) mass is 491 g/mol. The van der Waals surface area contributed by atoms with Gasteiger partial charge in [-0.25, -0.2) is 12.8 Å². The summed E-state index contributed by atoms with van der Waals surface area (Å²) in [6.45, 7) is 2.29. The van der Waals surface area contributed by atoms with E-state index in [4.69, 9.17) is 4.74 Å². The second-order valence-electron chi connectivity index (χ2n) is 8.25. The number of rotatable bonds is 8. The van der Waals surface area contributed by atoms with Crippen LogP contribution in [0.3, 0.4) is 0 Å². The molecule has 1 fully saturated rings. The standard InChI is InChI=1S/C24H30FN3O5S/c1-17-15-19(25)8-11-22(17)34(31,32)28-14-4-3-5-20(28)12-13-26-23(29)24(30)27-16-18-6-9-21(33-2)10-7-18/h6-11,15,20H,3-5,12-14,16H2,1-2H3,(H,26,29)(H,27,30)/t20-/m1/s1. The molecule has 10 heteroatoms. The van der Waals surface area contributed by atoms with Crippen molar-refractivity contribution in [2.75, 3.05) is 20.2 Å². The van der Waals surface area contributed by atoms with Crippen LogP contribution in [0.4, 0.5) is 4.39 Å². The third kappa shape index (κ3) is 6.32. The van der Waals surface area contributed by atoms with E-state index in [0.717, 1.165) is 24.5 Å². The first-order chi connectivity index (χ1) is 16.2. The molecule has 184 valence electrons. The number of carbonyl (C=O) groups is 2. The largest absolute Gasteiger partial charge is 0.497 e. The number of piperidine rings is 1. The molecule has 2 aromatic carbocycles. The fourth-order valence-corrected chi connectivity index (χ4v) is 5.98. The minimum atomic E-state index is -3.80. The molecule has 34 heavy (non-hydrogen) atoms. The van der Waals surface area contributed by atoms with Crippen LogP contribution >= 0.6 is 0 Å². The van der Waals surface area contributed by atoms with Gasteiger partial charge in [0.15, 0.2) is 0 Å². The summed E-state index contributed by atoms with van der Waals surface area (Å²) in [5.41, 5.74) is 1.17. The van der Waals surface area contributed by atoms with E-state index in [1.165, 1.54) is 16.4 Å². The van der Waals surface area contributed by atoms with Crippen molar-refractivity contribution in [2.24, 2.45) is 0 Å². The van der Waals surface area contributed by atoms with Crippen LogP contribution in [0.2, 0.25) is 0 Å². The van der Waals surface area contributed by atoms with Crippen LogP contribution in [0.15, 0.2) is 47.4 Å². The molecule has 0 spiro atoms. The lowest BCUT2D eigenvalue weighted by Crippen LogP contribution is -2.46. The van der Waals surface area contributed by atoms with Crippen LogP contribution in [-0.2, 0) is 26.2 Å². The zero-order valence-electron chi connectivity index (χ0n) is 19.3. The lowest BCUT2D eigenvalue weighted by molar-refractivity contribution is -0.139. The first-order valence-electron chi connectivity index (χ1n) is 11.2. The first kappa shape index (κ1) is 25.6. The zero-order valence-corrected chi connectivity index (χ0v) is 20.2. The number of benzene rings is 2. The Bertz CT molecular complexity index is 1120. The third-order valence-electron chi connectivity index (χ3n) is 5.88. The second-order valence-corrected chi connectivity index (χ2v) is 10.1. The van der Waals surface area contributed by atoms with Gasteiger partial charge in [-0.05, 0) is 67.6 Å². The van der Waals surface area contributed by atoms with E-state index in [1.54, 1.807) is 38.3 Å². The zero-order chi connectivity index (χ0) is 24.7. The van der Waals surface area contributed by atoms with Crippen molar-refractivity contribution in [2.45, 2.75) is 50.1 Å². The van der Waals surface area contributed by atoms with Crippen LogP contribution in [0.1, 0.15) is 36.8 Å². The number of methoxy groups -OCH3 is 1. The molecular weight excluding hydrogens is 461 g/mol. The molecule has 0 radical (unpaired) electrons. The Morgan fingerprint density at radius 2 is 1.79 bits per heavy atom. The van der Waals surface area contributed by atoms with Gasteiger partial charge in [-0.2, -0.15) is 4.31 Å². The molecule has 0 saturated carbocycles. The SMILES string of the molecule is COc1ccc(CNC(=O)C(=O)NCC[C@H]2CCCCN2S(=O)(=O)c2ccc(F)cc2C)cc1. The normalized spacial score (nSPS) is 16.6. The van der Waals surface area contributed by atoms with Gasteiger partial charge < -0.3 is 15.4 Å². The Morgan fingerprint density at radius 1 is 1.09 bits per heavy atom. The van der Waals surface area contributed by atoms with Crippen LogP contribution in [-0.4, -0.2) is 50.8 Å². The Kier molecular flexibility index (Phi) is 8.62. The molecule has 1 heterocycles. The minimum Gasteiger partial charge on any atom is -0.497 e. The number of hydrogen-bond donors (Lipinski definition) is 2. The Hall–Kier alpha value is -2.98. The predicted molar refractivity (Wildman–Crippen MR) is 125 cm³/mol. The highest BCUT2D eigenvalue weighted by Gasteiger charge is 2.34. The van der Waals surface area contributed by atoms with Gasteiger partial charge >= 0.3 is 11.8 Å². The summed E-state index contributed by atoms with van der Waals surface area (Å²) in [5, 5.41) is 5.13. The molecule has 2 aromatic rings. The Labute approximate surface area is 199 Å². The number of carbonyl (C=O) groups excluding carboxylic acids is 2. The molecule has 0 aliphatic carbocycles. The quantitative estimate of drug-likeness (QED) is 0.552. The molecule has 0 aromatic heterocycles. The van der Waals surface area contributed by atoms with Gasteiger partial charge in [-0.1, -0.05) is 18.6 Å². The number of ether oxygens (including phenoxy) is 1. The average Bonchev–Trinajstić information content (AvgIpc) is 2.82. The second kappa shape index (κ2) is 11.4. The van der Waals surface area contributed by atoms with Gasteiger partial charge in [0.25, 0.3) is 0 Å². The summed E-state index contributed by atoms with van der Waals surface area (Å²) in [4.78, 5) is 24.4. The molecule has 0 unspecified atom stereocenters. The van der Waals surface area contributed by atoms with Crippen LogP contribution in [0.5, 0.6) is 5.75 Å². The summed E-state index contributed by atoms with van der Waals surface area (Å²) < 4.78 is 46.5. The van der Waals surface area contributed by atoms with Crippen LogP contribution in [0, 0.1) is 12.7 Å². The van der Waals surface area contributed by atoms with E-state index in [1.807, 2.05) is 0 Å². The highest BCUT2D eigenvalue weighted by molar-refractivity contribution is 7.89. The topological polar surface area (TPSA) is 105 Å². The molecule has 0 bridgehead atoms. The van der Waals surface area contributed by atoms with Crippen molar-refractivity contribution < 1.29 is 27.1 Å². The van der Waals surface area contributed by atoms with Crippen molar-refractivity contribution in [3.63, 3.8) is 0 Å². The van der Waals surface area contributed by atoms with E-state index in [-0.39, 0.29) is 24.0 Å². The number of sulfonamides is 1. The van der Waals surface area contributed by atoms with E-state index in [9.17, 15) is 22.4 Å². The molecule has 2 N–H and O–H groups in total. The fraction of sp³-hybridized carbons (Fsp3) is 0.417. The summed E-state index contributed by atoms with van der Waals surface area (Å²) in [7, 11) is -2.24. The van der Waals surface area contributed by atoms with E-state index in [0.29, 0.717) is 30.7 Å². The average molecular weight is 492 g/mol. The van der Waals surface area contributed by atoms with Gasteiger partial charge in [0.1, 0.15) is 11.6 Å². The molecule has 2 amide bonds. The Morgan fingerprint density at radius 3 is 2.47 bits per heavy atom. The van der Waals surface area contributed by atoms with Gasteiger partial charge in [0.05, 0.1) is 12.0 Å². The van der Waals surface area contributed by atoms with Gasteiger partial charge in [-0.15, -0.1) is 0 Å². The number of amides is 2. The Balaban J connectivity index is 1.53. The number of halogens is 1. The molecule has 1 aliphatic heterocycles. The summed E-state index contributed by atoms with van der Waals surface area (Å²) >= 11 is 0. The van der Waals surface area contributed by atoms with E-state index in [2.05, 4.69) is 10.6 Å². The van der Waals surface area contributed by atoms with Crippen molar-refractivity contribution in [1.29, 1.82) is 0 Å². The first-order valence-corrected chi connectivity index (χ1v) is 12.6. The van der Waals surface area contributed by atoms with Gasteiger partial charge in [0.2, 0.25) is 10.0 Å². The predicted octanol–water partition coefficient (Wildman–Crippen LogP) is 2.51. The van der Waals surface area contributed by atoms with Crippen molar-refractivity contribution in [1.82, 2.24) is 14.9 Å². The number of aryl methyl sites for hydroxylation is 1. The smallest absolute Gasteiger partial charge is 0.309 e. The van der Waals surface area contributed by atoms with Crippen molar-refractivity contribution in [3.05, 3.63) is 59.4 Å². The lowest BCUT2D eigenvalue weighted by atomic mass is 10.0. The van der Waals surface area contributed by atoms with Gasteiger partial charge in [-0.3, -0.25) is 9.59 Å². The molecular formula is C24H30FN3O5S. The molecule has 3 rings (SSSR count). The third-order valence-corrected chi connectivity index (χ3v) is 7.99. The number of hydrogen-bond acceptors (Lipinski definition) is 5. The van der Waals surface area contributed by atoms with Crippen molar-refractivity contribution in [3.8, 4) is 5.75 Å². The summed E-state index contributed by atoms with van der Waals surface area (Å²) in [5.74, 6) is -1.32. The lowest BCUT2D eigenvalue weighted by Gasteiger charge is -2.35. The molecule has 1 atom stereocenters. The minimum absolute atomic E-state index is 0.0859. The summed E-state index contributed by atoms with van der Waals surface area (Å²) in [6, 6.07) is 10.4. The molecule has 1 saturated heterocycles. The van der Waals surface area contributed by atoms with Crippen LogP contribution < -0.4 is 15.4 Å². The van der Waals surface area contributed by atoms with E-state index < -0.39 is 27.7 Å². The molecule has 1 aliphatic rings.